The average Bonchev–Trinajstić information content (AvgIpc) is 2.44. The maximum atomic E-state index is 13.2. The summed E-state index contributed by atoms with van der Waals surface area (Å²) in [7, 11) is 0. The van der Waals surface area contributed by atoms with Crippen molar-refractivity contribution in [2.75, 3.05) is 11.9 Å². The van der Waals surface area contributed by atoms with Gasteiger partial charge >= 0.3 is 0 Å². The van der Waals surface area contributed by atoms with Crippen molar-refractivity contribution in [2.24, 2.45) is 0 Å². The highest BCUT2D eigenvalue weighted by Crippen LogP contribution is 2.25. The van der Waals surface area contributed by atoms with Gasteiger partial charge in [0.05, 0.1) is 17.9 Å². The van der Waals surface area contributed by atoms with Gasteiger partial charge in [0.2, 0.25) is 0 Å². The fourth-order valence-electron chi connectivity index (χ4n) is 1.71. The summed E-state index contributed by atoms with van der Waals surface area (Å²) < 4.78 is 19.2. The molecule has 0 radical (unpaired) electrons. The van der Waals surface area contributed by atoms with Crippen LogP contribution in [0.5, 0.6) is 5.75 Å². The minimum atomic E-state index is -0.462. The number of hydrogen-bond donors (Lipinski definition) is 1. The number of carbonyl (C=O) groups excluding carboxylic acids is 1. The van der Waals surface area contributed by atoms with Gasteiger partial charge in [0.15, 0.2) is 0 Å². The van der Waals surface area contributed by atoms with Crippen LogP contribution in [0.1, 0.15) is 17.3 Å². The number of halogens is 2. The van der Waals surface area contributed by atoms with Gasteiger partial charge in [0.25, 0.3) is 5.91 Å². The third kappa shape index (κ3) is 3.36. The summed E-state index contributed by atoms with van der Waals surface area (Å²) in [5, 5.41) is 2.72. The molecule has 0 aromatic heterocycles. The van der Waals surface area contributed by atoms with E-state index < -0.39 is 11.7 Å². The average molecular weight is 338 g/mol. The van der Waals surface area contributed by atoms with Crippen molar-refractivity contribution in [3.8, 4) is 5.75 Å². The zero-order valence-electron chi connectivity index (χ0n) is 10.8. The predicted molar refractivity (Wildman–Crippen MR) is 79.7 cm³/mol. The molecule has 20 heavy (non-hydrogen) atoms. The van der Waals surface area contributed by atoms with E-state index in [2.05, 4.69) is 21.2 Å². The quantitative estimate of drug-likeness (QED) is 0.906. The van der Waals surface area contributed by atoms with Crippen LogP contribution in [0.4, 0.5) is 10.1 Å². The molecule has 5 heteroatoms. The monoisotopic (exact) mass is 337 g/mol. The zero-order valence-corrected chi connectivity index (χ0v) is 12.4. The topological polar surface area (TPSA) is 38.3 Å². The lowest BCUT2D eigenvalue weighted by molar-refractivity contribution is 0.102. The smallest absolute Gasteiger partial charge is 0.257 e. The molecule has 2 aromatic carbocycles. The highest BCUT2D eigenvalue weighted by atomic mass is 79.9. The fraction of sp³-hybridized carbons (Fsp3) is 0.133. The lowest BCUT2D eigenvalue weighted by atomic mass is 10.2. The van der Waals surface area contributed by atoms with Gasteiger partial charge in [-0.3, -0.25) is 4.79 Å². The number of carbonyl (C=O) groups is 1. The molecule has 0 aliphatic rings. The van der Waals surface area contributed by atoms with Gasteiger partial charge in [0.1, 0.15) is 11.6 Å². The first-order valence-corrected chi connectivity index (χ1v) is 6.89. The molecule has 104 valence electrons. The minimum absolute atomic E-state index is 0.233. The largest absolute Gasteiger partial charge is 0.492 e. The highest BCUT2D eigenvalue weighted by molar-refractivity contribution is 9.10. The number of benzene rings is 2. The van der Waals surface area contributed by atoms with Crippen LogP contribution in [-0.4, -0.2) is 12.5 Å². The molecular formula is C15H13BrFNO2. The summed E-state index contributed by atoms with van der Waals surface area (Å²) in [6.07, 6.45) is 0. The predicted octanol–water partition coefficient (Wildman–Crippen LogP) is 4.24. The summed E-state index contributed by atoms with van der Waals surface area (Å²) in [4.78, 5) is 12.2. The van der Waals surface area contributed by atoms with Crippen molar-refractivity contribution in [2.45, 2.75) is 6.92 Å². The van der Waals surface area contributed by atoms with Crippen molar-refractivity contribution in [3.63, 3.8) is 0 Å². The molecule has 0 saturated heterocycles. The van der Waals surface area contributed by atoms with Gasteiger partial charge in [-0.05, 0) is 53.2 Å². The number of ether oxygens (including phenoxy) is 1. The van der Waals surface area contributed by atoms with Gasteiger partial charge in [-0.25, -0.2) is 4.39 Å². The van der Waals surface area contributed by atoms with Gasteiger partial charge < -0.3 is 10.1 Å². The number of rotatable bonds is 4. The van der Waals surface area contributed by atoms with Crippen LogP contribution in [0, 0.1) is 5.82 Å². The summed E-state index contributed by atoms with van der Waals surface area (Å²) in [6, 6.07) is 11.1. The Labute approximate surface area is 124 Å². The standard InChI is InChI=1S/C15H13BrFNO2/c1-2-20-14-6-4-3-5-13(14)18-15(19)11-9-10(17)7-8-12(11)16/h3-9H,2H2,1H3,(H,18,19). The van der Waals surface area contributed by atoms with Crippen LogP contribution in [-0.2, 0) is 0 Å². The molecule has 0 saturated carbocycles. The Hall–Kier alpha value is -1.88. The maximum Gasteiger partial charge on any atom is 0.257 e. The number of amides is 1. The molecule has 0 bridgehead atoms. The normalized spacial score (nSPS) is 10.2. The Morgan fingerprint density at radius 1 is 1.30 bits per heavy atom. The van der Waals surface area contributed by atoms with Crippen molar-refractivity contribution in [3.05, 3.63) is 58.3 Å². The van der Waals surface area contributed by atoms with Crippen LogP contribution >= 0.6 is 15.9 Å². The maximum absolute atomic E-state index is 13.2. The third-order valence-electron chi connectivity index (χ3n) is 2.61. The van der Waals surface area contributed by atoms with Crippen molar-refractivity contribution < 1.29 is 13.9 Å². The van der Waals surface area contributed by atoms with E-state index >= 15 is 0 Å². The fourth-order valence-corrected chi connectivity index (χ4v) is 2.14. The molecular weight excluding hydrogens is 325 g/mol. The molecule has 0 fully saturated rings. The van der Waals surface area contributed by atoms with E-state index in [4.69, 9.17) is 4.74 Å². The Bertz CT molecular complexity index is 631. The molecule has 1 amide bonds. The van der Waals surface area contributed by atoms with Crippen molar-refractivity contribution in [1.29, 1.82) is 0 Å². The molecule has 0 aliphatic heterocycles. The molecule has 0 aliphatic carbocycles. The van der Waals surface area contributed by atoms with E-state index in [1.807, 2.05) is 13.0 Å². The molecule has 2 rings (SSSR count). The van der Waals surface area contributed by atoms with Crippen molar-refractivity contribution >= 4 is 27.5 Å². The Morgan fingerprint density at radius 3 is 2.80 bits per heavy atom. The number of hydrogen-bond acceptors (Lipinski definition) is 2. The summed E-state index contributed by atoms with van der Waals surface area (Å²) >= 11 is 3.23. The molecule has 3 nitrogen and oxygen atoms in total. The van der Waals surface area contributed by atoms with Gasteiger partial charge in [-0.15, -0.1) is 0 Å². The summed E-state index contributed by atoms with van der Waals surface area (Å²) in [6.45, 7) is 2.36. The van der Waals surface area contributed by atoms with Gasteiger partial charge in [-0.1, -0.05) is 12.1 Å². The second-order valence-electron chi connectivity index (χ2n) is 4.01. The molecule has 2 aromatic rings. The summed E-state index contributed by atoms with van der Waals surface area (Å²) in [5.41, 5.74) is 0.784. The Kier molecular flexibility index (Phi) is 4.74. The van der Waals surface area contributed by atoms with Crippen LogP contribution in [0.2, 0.25) is 0 Å². The first-order valence-electron chi connectivity index (χ1n) is 6.10. The van der Waals surface area contributed by atoms with Crippen LogP contribution in [0.15, 0.2) is 46.9 Å². The van der Waals surface area contributed by atoms with E-state index in [0.717, 1.165) is 0 Å². The second-order valence-corrected chi connectivity index (χ2v) is 4.86. The Morgan fingerprint density at radius 2 is 2.05 bits per heavy atom. The third-order valence-corrected chi connectivity index (χ3v) is 3.30. The molecule has 0 heterocycles. The number of para-hydroxylation sites is 2. The second kappa shape index (κ2) is 6.52. The molecule has 1 N–H and O–H groups in total. The van der Waals surface area contributed by atoms with E-state index in [9.17, 15) is 9.18 Å². The van der Waals surface area contributed by atoms with Gasteiger partial charge in [-0.2, -0.15) is 0 Å². The van der Waals surface area contributed by atoms with Crippen molar-refractivity contribution in [1.82, 2.24) is 0 Å². The molecule has 0 atom stereocenters. The molecule has 0 spiro atoms. The van der Waals surface area contributed by atoms with E-state index in [1.54, 1.807) is 18.2 Å². The zero-order chi connectivity index (χ0) is 14.5. The Balaban J connectivity index is 2.26. The SMILES string of the molecule is CCOc1ccccc1NC(=O)c1cc(F)ccc1Br. The first kappa shape index (κ1) is 14.5. The first-order chi connectivity index (χ1) is 9.61. The van der Waals surface area contributed by atoms with E-state index in [0.29, 0.717) is 22.5 Å². The van der Waals surface area contributed by atoms with Gasteiger partial charge in [0, 0.05) is 4.47 Å². The van der Waals surface area contributed by atoms with E-state index in [-0.39, 0.29) is 5.56 Å². The lowest BCUT2D eigenvalue weighted by Crippen LogP contribution is -2.13. The lowest BCUT2D eigenvalue weighted by Gasteiger charge is -2.11. The van der Waals surface area contributed by atoms with E-state index in [1.165, 1.54) is 18.2 Å². The van der Waals surface area contributed by atoms with Crippen LogP contribution in [0.25, 0.3) is 0 Å². The summed E-state index contributed by atoms with van der Waals surface area (Å²) in [5.74, 6) is -0.282. The van der Waals surface area contributed by atoms with Crippen LogP contribution in [0.3, 0.4) is 0 Å². The molecule has 0 unspecified atom stereocenters. The minimum Gasteiger partial charge on any atom is -0.492 e. The van der Waals surface area contributed by atoms with Crippen LogP contribution < -0.4 is 10.1 Å². The highest BCUT2D eigenvalue weighted by Gasteiger charge is 2.13. The number of anilines is 1. The number of nitrogens with one attached hydrogen (secondary N) is 1.